The highest BCUT2D eigenvalue weighted by Gasteiger charge is 2.20. The minimum atomic E-state index is -3.47. The molecule has 1 aliphatic rings. The summed E-state index contributed by atoms with van der Waals surface area (Å²) in [5.74, 6) is 1.63. The van der Waals surface area contributed by atoms with Crippen LogP contribution >= 0.6 is 0 Å². The van der Waals surface area contributed by atoms with Crippen LogP contribution in [-0.2, 0) is 10.0 Å². The van der Waals surface area contributed by atoms with Crippen LogP contribution in [0.5, 0.6) is 0 Å². The molecule has 2 unspecified atom stereocenters. The van der Waals surface area contributed by atoms with E-state index in [1.165, 1.54) is 44.0 Å². The lowest BCUT2D eigenvalue weighted by Crippen LogP contribution is -2.27. The van der Waals surface area contributed by atoms with Gasteiger partial charge in [-0.2, -0.15) is 0 Å². The van der Waals surface area contributed by atoms with Gasteiger partial charge in [-0.15, -0.1) is 0 Å². The van der Waals surface area contributed by atoms with Crippen LogP contribution in [0.4, 0.5) is 5.82 Å². The fourth-order valence-electron chi connectivity index (χ4n) is 2.90. The van der Waals surface area contributed by atoms with Gasteiger partial charge in [0, 0.05) is 18.8 Å². The summed E-state index contributed by atoms with van der Waals surface area (Å²) in [5, 5.41) is 0. The predicted molar refractivity (Wildman–Crippen MR) is 79.6 cm³/mol. The predicted octanol–water partition coefficient (Wildman–Crippen LogP) is 2.16. The molecule has 0 radical (unpaired) electrons. The first-order chi connectivity index (χ1) is 9.47. The highest BCUT2D eigenvalue weighted by Crippen LogP contribution is 2.30. The van der Waals surface area contributed by atoms with Crippen LogP contribution < -0.4 is 10.5 Å². The van der Waals surface area contributed by atoms with E-state index in [9.17, 15) is 8.42 Å². The van der Waals surface area contributed by atoms with Gasteiger partial charge in [-0.25, -0.2) is 18.1 Å². The van der Waals surface area contributed by atoms with E-state index in [1.807, 2.05) is 0 Å². The third-order valence-electron chi connectivity index (χ3n) is 3.95. The fraction of sp³-hybridized carbons (Fsp3) is 0.643. The number of aromatic nitrogens is 1. The maximum Gasteiger partial charge on any atom is 0.240 e. The Bertz CT molecular complexity index is 545. The Hall–Kier alpha value is -1.14. The van der Waals surface area contributed by atoms with Crippen molar-refractivity contribution >= 4 is 15.8 Å². The zero-order chi connectivity index (χ0) is 14.6. The Morgan fingerprint density at radius 2 is 2.25 bits per heavy atom. The summed E-state index contributed by atoms with van der Waals surface area (Å²) < 4.78 is 26.8. The van der Waals surface area contributed by atoms with Gasteiger partial charge in [-0.3, -0.25) is 0 Å². The number of nitrogens with zero attached hydrogens (tertiary/aromatic N) is 1. The number of hydrogen-bond acceptors (Lipinski definition) is 4. The van der Waals surface area contributed by atoms with E-state index in [0.717, 1.165) is 12.3 Å². The molecule has 0 aromatic carbocycles. The molecule has 0 aliphatic heterocycles. The van der Waals surface area contributed by atoms with Gasteiger partial charge < -0.3 is 5.73 Å². The Morgan fingerprint density at radius 1 is 1.45 bits per heavy atom. The average molecular weight is 297 g/mol. The van der Waals surface area contributed by atoms with Crippen LogP contribution in [0.1, 0.15) is 39.0 Å². The summed E-state index contributed by atoms with van der Waals surface area (Å²) in [4.78, 5) is 3.98. The third-order valence-corrected chi connectivity index (χ3v) is 5.41. The number of nitrogens with one attached hydrogen (secondary N) is 1. The SMILES string of the molecule is CC1CCCC(CCNS(=O)(=O)c2ccnc(N)c2)C1. The second-order valence-corrected chi connectivity index (χ2v) is 7.51. The van der Waals surface area contributed by atoms with Crippen LogP contribution in [0, 0.1) is 11.8 Å². The number of nitrogens with two attached hydrogens (primary N) is 1. The smallest absolute Gasteiger partial charge is 0.240 e. The summed E-state index contributed by atoms with van der Waals surface area (Å²) >= 11 is 0. The summed E-state index contributed by atoms with van der Waals surface area (Å²) in [5.41, 5.74) is 5.51. The largest absolute Gasteiger partial charge is 0.384 e. The summed E-state index contributed by atoms with van der Waals surface area (Å²) in [7, 11) is -3.47. The molecule has 2 rings (SSSR count). The monoisotopic (exact) mass is 297 g/mol. The first-order valence-corrected chi connectivity index (χ1v) is 8.67. The Kier molecular flexibility index (Phi) is 4.99. The van der Waals surface area contributed by atoms with Crippen LogP contribution in [0.3, 0.4) is 0 Å². The molecule has 20 heavy (non-hydrogen) atoms. The summed E-state index contributed by atoms with van der Waals surface area (Å²) in [6.07, 6.45) is 7.31. The number of sulfonamides is 1. The van der Waals surface area contributed by atoms with Crippen molar-refractivity contribution in [3.8, 4) is 0 Å². The van der Waals surface area contributed by atoms with Crippen molar-refractivity contribution in [2.24, 2.45) is 11.8 Å². The van der Waals surface area contributed by atoms with Crippen LogP contribution in [0.25, 0.3) is 0 Å². The molecule has 0 saturated heterocycles. The topological polar surface area (TPSA) is 85.1 Å². The van der Waals surface area contributed by atoms with E-state index in [-0.39, 0.29) is 10.7 Å². The zero-order valence-corrected chi connectivity index (χ0v) is 12.7. The van der Waals surface area contributed by atoms with Crippen molar-refractivity contribution in [2.45, 2.75) is 43.9 Å². The standard InChI is InChI=1S/C14H23N3O2S/c1-11-3-2-4-12(9-11)5-8-17-20(18,19)13-6-7-16-14(15)10-13/h6-7,10-12,17H,2-5,8-9H2,1H3,(H2,15,16). The minimum Gasteiger partial charge on any atom is -0.384 e. The van der Waals surface area contributed by atoms with Crippen molar-refractivity contribution in [3.63, 3.8) is 0 Å². The fourth-order valence-corrected chi connectivity index (χ4v) is 3.97. The molecule has 1 heterocycles. The van der Waals surface area contributed by atoms with E-state index < -0.39 is 10.0 Å². The third kappa shape index (κ3) is 4.18. The lowest BCUT2D eigenvalue weighted by molar-refractivity contribution is 0.271. The molecule has 5 nitrogen and oxygen atoms in total. The van der Waals surface area contributed by atoms with Gasteiger partial charge in [0.2, 0.25) is 10.0 Å². The van der Waals surface area contributed by atoms with E-state index in [0.29, 0.717) is 12.5 Å². The zero-order valence-electron chi connectivity index (χ0n) is 11.9. The van der Waals surface area contributed by atoms with Gasteiger partial charge in [0.25, 0.3) is 0 Å². The molecule has 2 atom stereocenters. The molecule has 1 aromatic heterocycles. The van der Waals surface area contributed by atoms with Gasteiger partial charge >= 0.3 is 0 Å². The van der Waals surface area contributed by atoms with Gasteiger partial charge in [0.1, 0.15) is 5.82 Å². The first-order valence-electron chi connectivity index (χ1n) is 7.18. The summed E-state index contributed by atoms with van der Waals surface area (Å²) in [6.45, 7) is 2.76. The first kappa shape index (κ1) is 15.3. The van der Waals surface area contributed by atoms with E-state index >= 15 is 0 Å². The maximum absolute atomic E-state index is 12.1. The molecule has 1 aliphatic carbocycles. The molecule has 1 saturated carbocycles. The van der Waals surface area contributed by atoms with Gasteiger partial charge in [0.05, 0.1) is 4.90 Å². The molecule has 1 aromatic rings. The highest BCUT2D eigenvalue weighted by atomic mass is 32.2. The van der Waals surface area contributed by atoms with Crippen molar-refractivity contribution in [3.05, 3.63) is 18.3 Å². The summed E-state index contributed by atoms with van der Waals surface area (Å²) in [6, 6.07) is 2.84. The van der Waals surface area contributed by atoms with Crippen molar-refractivity contribution < 1.29 is 8.42 Å². The van der Waals surface area contributed by atoms with Gasteiger partial charge in [-0.05, 0) is 30.7 Å². The van der Waals surface area contributed by atoms with Crippen LogP contribution in [0.2, 0.25) is 0 Å². The molecular weight excluding hydrogens is 274 g/mol. The van der Waals surface area contributed by atoms with E-state index in [2.05, 4.69) is 16.6 Å². The van der Waals surface area contributed by atoms with E-state index in [4.69, 9.17) is 5.73 Å². The maximum atomic E-state index is 12.1. The number of nitrogen functional groups attached to an aromatic ring is 1. The number of pyridine rings is 1. The van der Waals surface area contributed by atoms with Crippen molar-refractivity contribution in [1.29, 1.82) is 0 Å². The molecule has 0 amide bonds. The minimum absolute atomic E-state index is 0.182. The van der Waals surface area contributed by atoms with Gasteiger partial charge in [-0.1, -0.05) is 26.2 Å². The number of anilines is 1. The molecule has 0 bridgehead atoms. The van der Waals surface area contributed by atoms with Crippen molar-refractivity contribution in [2.75, 3.05) is 12.3 Å². The second kappa shape index (κ2) is 6.54. The molecule has 112 valence electrons. The number of hydrogen-bond donors (Lipinski definition) is 2. The van der Waals surface area contributed by atoms with Crippen molar-refractivity contribution in [1.82, 2.24) is 9.71 Å². The van der Waals surface area contributed by atoms with Crippen LogP contribution in [-0.4, -0.2) is 19.9 Å². The molecule has 0 spiro atoms. The lowest BCUT2D eigenvalue weighted by Gasteiger charge is -2.26. The number of rotatable bonds is 5. The Morgan fingerprint density at radius 3 is 2.95 bits per heavy atom. The molecule has 3 N–H and O–H groups in total. The Balaban J connectivity index is 1.86. The lowest BCUT2D eigenvalue weighted by atomic mass is 9.81. The van der Waals surface area contributed by atoms with E-state index in [1.54, 1.807) is 0 Å². The highest BCUT2D eigenvalue weighted by molar-refractivity contribution is 7.89. The average Bonchev–Trinajstić information content (AvgIpc) is 2.38. The molecule has 1 fully saturated rings. The normalized spacial score (nSPS) is 23.6. The quantitative estimate of drug-likeness (QED) is 0.872. The molecular formula is C14H23N3O2S. The van der Waals surface area contributed by atoms with Crippen LogP contribution in [0.15, 0.2) is 23.2 Å². The molecule has 6 heteroatoms. The van der Waals surface area contributed by atoms with Gasteiger partial charge in [0.15, 0.2) is 0 Å². The second-order valence-electron chi connectivity index (χ2n) is 5.74. The Labute approximate surface area is 121 Å².